The van der Waals surface area contributed by atoms with Gasteiger partial charge < -0.3 is 0 Å². The molecule has 0 amide bonds. The molecule has 1 N–H and O–H groups in total. The van der Waals surface area contributed by atoms with E-state index in [0.717, 1.165) is 11.8 Å². The van der Waals surface area contributed by atoms with Crippen LogP contribution < -0.4 is 0 Å². The minimum atomic E-state index is 0.360. The molecule has 3 nitrogen and oxygen atoms in total. The number of carbonyl (C=O) groups is 1. The van der Waals surface area contributed by atoms with Gasteiger partial charge in [0.2, 0.25) is 0 Å². The van der Waals surface area contributed by atoms with Crippen molar-refractivity contribution >= 4 is 6.29 Å². The summed E-state index contributed by atoms with van der Waals surface area (Å²) < 4.78 is 0. The molecule has 1 heterocycles. The Morgan fingerprint density at radius 3 is 2.80 bits per heavy atom. The van der Waals surface area contributed by atoms with E-state index < -0.39 is 0 Å². The van der Waals surface area contributed by atoms with Crippen LogP contribution in [-0.4, -0.2) is 16.5 Å². The van der Waals surface area contributed by atoms with E-state index >= 15 is 0 Å². The molecule has 0 aliphatic carbocycles. The lowest BCUT2D eigenvalue weighted by atomic mass is 10.1. The molecule has 0 spiro atoms. The highest BCUT2D eigenvalue weighted by molar-refractivity contribution is 5.74. The van der Waals surface area contributed by atoms with Crippen LogP contribution in [0.25, 0.3) is 0 Å². The number of hydrogen-bond donors (Lipinski definition) is 1. The first kappa shape index (κ1) is 6.99. The Balaban J connectivity index is 3.01. The Labute approximate surface area is 59.4 Å². The van der Waals surface area contributed by atoms with Gasteiger partial charge in [0.1, 0.15) is 5.69 Å². The summed E-state index contributed by atoms with van der Waals surface area (Å²) in [6.07, 6.45) is 2.48. The average molecular weight is 138 g/mol. The van der Waals surface area contributed by atoms with Gasteiger partial charge in [-0.1, -0.05) is 13.8 Å². The maximum Gasteiger partial charge on any atom is 0.168 e. The molecule has 10 heavy (non-hydrogen) atoms. The fourth-order valence-electron chi connectivity index (χ4n) is 0.860. The minimum Gasteiger partial charge on any atom is -0.296 e. The van der Waals surface area contributed by atoms with Crippen molar-refractivity contribution in [2.45, 2.75) is 19.8 Å². The number of rotatable bonds is 2. The molecule has 0 fully saturated rings. The minimum absolute atomic E-state index is 0.360. The molecular formula is C7H10N2O. The van der Waals surface area contributed by atoms with Crippen LogP contribution in [0.3, 0.4) is 0 Å². The largest absolute Gasteiger partial charge is 0.296 e. The molecule has 0 saturated heterocycles. The number of aldehydes is 1. The van der Waals surface area contributed by atoms with Gasteiger partial charge >= 0.3 is 0 Å². The summed E-state index contributed by atoms with van der Waals surface area (Å²) in [7, 11) is 0. The van der Waals surface area contributed by atoms with Crippen LogP contribution >= 0.6 is 0 Å². The molecule has 0 atom stereocenters. The molecule has 0 aliphatic heterocycles. The number of nitrogens with zero attached hydrogens (tertiary/aromatic N) is 1. The molecule has 0 aliphatic rings. The molecule has 0 unspecified atom stereocenters. The smallest absolute Gasteiger partial charge is 0.168 e. The number of aromatic amines is 1. The highest BCUT2D eigenvalue weighted by Gasteiger charge is 2.06. The van der Waals surface area contributed by atoms with Gasteiger partial charge in [0.25, 0.3) is 0 Å². The van der Waals surface area contributed by atoms with Crippen LogP contribution in [0.5, 0.6) is 0 Å². The maximum absolute atomic E-state index is 10.3. The Morgan fingerprint density at radius 2 is 2.40 bits per heavy atom. The van der Waals surface area contributed by atoms with Crippen molar-refractivity contribution < 1.29 is 4.79 Å². The number of hydrogen-bond acceptors (Lipinski definition) is 2. The lowest BCUT2D eigenvalue weighted by Crippen LogP contribution is -1.90. The van der Waals surface area contributed by atoms with Gasteiger partial charge in [0, 0.05) is 5.56 Å². The first-order chi connectivity index (χ1) is 4.75. The van der Waals surface area contributed by atoms with Gasteiger partial charge in [-0.2, -0.15) is 5.10 Å². The van der Waals surface area contributed by atoms with Crippen LogP contribution in [0.4, 0.5) is 0 Å². The second-order valence-electron chi connectivity index (χ2n) is 2.51. The van der Waals surface area contributed by atoms with Crippen molar-refractivity contribution in [3.8, 4) is 0 Å². The van der Waals surface area contributed by atoms with Gasteiger partial charge in [-0.15, -0.1) is 0 Å². The van der Waals surface area contributed by atoms with Crippen molar-refractivity contribution in [2.75, 3.05) is 0 Å². The van der Waals surface area contributed by atoms with Crippen LogP contribution in [0.15, 0.2) is 6.20 Å². The first-order valence-corrected chi connectivity index (χ1v) is 3.24. The topological polar surface area (TPSA) is 45.8 Å². The standard InChI is InChI=1S/C7H10N2O/c1-5(2)6-3-8-9-7(6)4-10/h3-5H,1-2H3,(H,8,9). The molecule has 0 saturated carbocycles. The Bertz CT molecular complexity index is 227. The van der Waals surface area contributed by atoms with E-state index in [1.807, 2.05) is 13.8 Å². The van der Waals surface area contributed by atoms with Gasteiger partial charge in [0.15, 0.2) is 6.29 Å². The second-order valence-corrected chi connectivity index (χ2v) is 2.51. The molecule has 0 bridgehead atoms. The van der Waals surface area contributed by atoms with Gasteiger partial charge in [-0.3, -0.25) is 9.89 Å². The molecule has 0 radical (unpaired) electrons. The van der Waals surface area contributed by atoms with E-state index in [0.29, 0.717) is 11.6 Å². The monoisotopic (exact) mass is 138 g/mol. The number of H-pyrrole nitrogens is 1. The molecule has 54 valence electrons. The van der Waals surface area contributed by atoms with Crippen molar-refractivity contribution in [3.63, 3.8) is 0 Å². The van der Waals surface area contributed by atoms with Gasteiger partial charge in [-0.25, -0.2) is 0 Å². The van der Waals surface area contributed by atoms with E-state index in [9.17, 15) is 4.79 Å². The number of carbonyl (C=O) groups excluding carboxylic acids is 1. The van der Waals surface area contributed by atoms with Gasteiger partial charge in [-0.05, 0) is 5.92 Å². The van der Waals surface area contributed by atoms with E-state index in [1.54, 1.807) is 6.20 Å². The Morgan fingerprint density at radius 1 is 1.70 bits per heavy atom. The third-order valence-corrected chi connectivity index (χ3v) is 1.44. The normalized spacial score (nSPS) is 10.3. The summed E-state index contributed by atoms with van der Waals surface area (Å²) in [6, 6.07) is 0. The summed E-state index contributed by atoms with van der Waals surface area (Å²) in [5.41, 5.74) is 1.57. The van der Waals surface area contributed by atoms with Crippen molar-refractivity contribution in [2.24, 2.45) is 0 Å². The summed E-state index contributed by atoms with van der Waals surface area (Å²) in [5, 5.41) is 6.38. The van der Waals surface area contributed by atoms with Crippen LogP contribution in [0.1, 0.15) is 35.8 Å². The average Bonchev–Trinajstić information content (AvgIpc) is 2.33. The molecular weight excluding hydrogens is 128 g/mol. The predicted octanol–water partition coefficient (Wildman–Crippen LogP) is 1.35. The highest BCUT2D eigenvalue weighted by atomic mass is 16.1. The van der Waals surface area contributed by atoms with Crippen molar-refractivity contribution in [1.29, 1.82) is 0 Å². The molecule has 0 aromatic carbocycles. The highest BCUT2D eigenvalue weighted by Crippen LogP contribution is 2.14. The molecule has 3 heteroatoms. The van der Waals surface area contributed by atoms with Crippen molar-refractivity contribution in [3.05, 3.63) is 17.5 Å². The quantitative estimate of drug-likeness (QED) is 0.627. The summed E-state index contributed by atoms with van der Waals surface area (Å²) in [6.45, 7) is 4.05. The van der Waals surface area contributed by atoms with E-state index in [4.69, 9.17) is 0 Å². The summed E-state index contributed by atoms with van der Waals surface area (Å²) in [4.78, 5) is 10.3. The second kappa shape index (κ2) is 2.64. The van der Waals surface area contributed by atoms with E-state index in [1.165, 1.54) is 0 Å². The third kappa shape index (κ3) is 1.07. The van der Waals surface area contributed by atoms with Gasteiger partial charge in [0.05, 0.1) is 6.20 Å². The molecule has 1 aromatic heterocycles. The third-order valence-electron chi connectivity index (χ3n) is 1.44. The predicted molar refractivity (Wildman–Crippen MR) is 38.1 cm³/mol. The zero-order chi connectivity index (χ0) is 7.56. The zero-order valence-corrected chi connectivity index (χ0v) is 6.09. The number of aromatic nitrogens is 2. The van der Waals surface area contributed by atoms with Crippen LogP contribution in [-0.2, 0) is 0 Å². The summed E-state index contributed by atoms with van der Waals surface area (Å²) in [5.74, 6) is 0.360. The van der Waals surface area contributed by atoms with Crippen LogP contribution in [0, 0.1) is 0 Å². The lowest BCUT2D eigenvalue weighted by Gasteiger charge is -1.98. The fourth-order valence-corrected chi connectivity index (χ4v) is 0.860. The Kier molecular flexibility index (Phi) is 1.85. The summed E-state index contributed by atoms with van der Waals surface area (Å²) >= 11 is 0. The molecule has 1 aromatic rings. The zero-order valence-electron chi connectivity index (χ0n) is 6.09. The SMILES string of the molecule is CC(C)c1cn[nH]c1C=O. The van der Waals surface area contributed by atoms with E-state index in [-0.39, 0.29) is 0 Å². The van der Waals surface area contributed by atoms with E-state index in [2.05, 4.69) is 10.2 Å². The molecule has 1 rings (SSSR count). The Hall–Kier alpha value is -1.12. The maximum atomic E-state index is 10.3. The number of nitrogens with one attached hydrogen (secondary N) is 1. The van der Waals surface area contributed by atoms with Crippen molar-refractivity contribution in [1.82, 2.24) is 10.2 Å². The lowest BCUT2D eigenvalue weighted by molar-refractivity contribution is 0.111. The van der Waals surface area contributed by atoms with Crippen LogP contribution in [0.2, 0.25) is 0 Å². The fraction of sp³-hybridized carbons (Fsp3) is 0.429. The first-order valence-electron chi connectivity index (χ1n) is 3.24.